The average molecular weight is 208 g/mol. The predicted octanol–water partition coefficient (Wildman–Crippen LogP) is 0.600. The van der Waals surface area contributed by atoms with Crippen molar-refractivity contribution in [2.24, 2.45) is 0 Å². The number of rotatable bonds is 4. The Morgan fingerprint density at radius 1 is 1.60 bits per heavy atom. The van der Waals surface area contributed by atoms with Crippen LogP contribution in [-0.2, 0) is 4.79 Å². The molecule has 5 nitrogen and oxygen atoms in total. The molecule has 5 heteroatoms. The highest BCUT2D eigenvalue weighted by atomic mass is 16.2. The third-order valence-corrected chi connectivity index (χ3v) is 1.89. The normalized spacial score (nSPS) is 11.9. The van der Waals surface area contributed by atoms with E-state index in [-0.39, 0.29) is 11.9 Å². The molecule has 1 aromatic heterocycles. The number of hydrogen-bond acceptors (Lipinski definition) is 4. The number of nitrogens with two attached hydrogens (primary N) is 1. The van der Waals surface area contributed by atoms with Crippen molar-refractivity contribution in [2.45, 2.75) is 19.9 Å². The van der Waals surface area contributed by atoms with Crippen LogP contribution in [0.2, 0.25) is 0 Å². The van der Waals surface area contributed by atoms with Gasteiger partial charge in [-0.15, -0.1) is 0 Å². The molecule has 0 fully saturated rings. The highest BCUT2D eigenvalue weighted by Crippen LogP contribution is 2.10. The van der Waals surface area contributed by atoms with Crippen LogP contribution < -0.4 is 16.4 Å². The Kier molecular flexibility index (Phi) is 3.91. The molecule has 1 atom stereocenters. The van der Waals surface area contributed by atoms with Crippen LogP contribution in [0.1, 0.15) is 13.8 Å². The van der Waals surface area contributed by atoms with Gasteiger partial charge in [-0.05, 0) is 19.9 Å². The Labute approximate surface area is 89.1 Å². The number of carbonyl (C=O) groups is 1. The molecule has 0 saturated heterocycles. The van der Waals surface area contributed by atoms with Crippen LogP contribution in [0.25, 0.3) is 0 Å². The molecule has 0 aliphatic heterocycles. The summed E-state index contributed by atoms with van der Waals surface area (Å²) in [6, 6.07) is 1.44. The molecule has 1 rings (SSSR count). The third kappa shape index (κ3) is 3.46. The van der Waals surface area contributed by atoms with Crippen molar-refractivity contribution in [1.29, 1.82) is 0 Å². The van der Waals surface area contributed by atoms with Crippen molar-refractivity contribution in [1.82, 2.24) is 10.3 Å². The number of nitrogens with one attached hydrogen (secondary N) is 2. The first-order valence-corrected chi connectivity index (χ1v) is 4.88. The Morgan fingerprint density at radius 2 is 2.33 bits per heavy atom. The van der Waals surface area contributed by atoms with E-state index >= 15 is 0 Å². The lowest BCUT2D eigenvalue weighted by Gasteiger charge is -2.14. The maximum absolute atomic E-state index is 11.4. The van der Waals surface area contributed by atoms with Crippen molar-refractivity contribution < 1.29 is 4.79 Å². The lowest BCUT2D eigenvalue weighted by molar-refractivity contribution is -0.121. The summed E-state index contributed by atoms with van der Waals surface area (Å²) >= 11 is 0. The number of anilines is 2. The molecule has 82 valence electrons. The van der Waals surface area contributed by atoms with Gasteiger partial charge in [0.2, 0.25) is 5.91 Å². The zero-order valence-corrected chi connectivity index (χ0v) is 8.95. The molecule has 1 aromatic rings. The molecule has 0 aliphatic carbocycles. The minimum atomic E-state index is -0.298. The first-order chi connectivity index (χ1) is 7.13. The zero-order valence-electron chi connectivity index (χ0n) is 8.95. The SMILES string of the molecule is CCNC(=O)C(C)Nc1cncc(N)c1. The topological polar surface area (TPSA) is 80.0 Å². The van der Waals surface area contributed by atoms with Crippen LogP contribution in [-0.4, -0.2) is 23.5 Å². The molecule has 1 unspecified atom stereocenters. The number of nitrogen functional groups attached to an aromatic ring is 1. The maximum Gasteiger partial charge on any atom is 0.242 e. The van der Waals surface area contributed by atoms with Crippen molar-refractivity contribution >= 4 is 17.3 Å². The van der Waals surface area contributed by atoms with Gasteiger partial charge in [-0.25, -0.2) is 0 Å². The Morgan fingerprint density at radius 3 is 2.93 bits per heavy atom. The van der Waals surface area contributed by atoms with Gasteiger partial charge in [0.05, 0.1) is 17.6 Å². The molecule has 1 heterocycles. The van der Waals surface area contributed by atoms with E-state index in [1.54, 1.807) is 25.4 Å². The van der Waals surface area contributed by atoms with Crippen LogP contribution in [0.5, 0.6) is 0 Å². The fourth-order valence-corrected chi connectivity index (χ4v) is 1.18. The lowest BCUT2D eigenvalue weighted by Crippen LogP contribution is -2.37. The van der Waals surface area contributed by atoms with Crippen LogP contribution in [0.15, 0.2) is 18.5 Å². The summed E-state index contributed by atoms with van der Waals surface area (Å²) in [5.41, 5.74) is 6.88. The van der Waals surface area contributed by atoms with E-state index in [4.69, 9.17) is 5.73 Å². The second kappa shape index (κ2) is 5.19. The smallest absolute Gasteiger partial charge is 0.242 e. The summed E-state index contributed by atoms with van der Waals surface area (Å²) in [5.74, 6) is -0.0417. The highest BCUT2D eigenvalue weighted by Gasteiger charge is 2.10. The number of nitrogens with zero attached hydrogens (tertiary/aromatic N) is 1. The van der Waals surface area contributed by atoms with Gasteiger partial charge in [0.15, 0.2) is 0 Å². The van der Waals surface area contributed by atoms with Crippen molar-refractivity contribution in [2.75, 3.05) is 17.6 Å². The molecule has 0 radical (unpaired) electrons. The number of likely N-dealkylation sites (N-methyl/N-ethyl adjacent to an activating group) is 1. The maximum atomic E-state index is 11.4. The predicted molar refractivity (Wildman–Crippen MR) is 60.4 cm³/mol. The Hall–Kier alpha value is -1.78. The van der Waals surface area contributed by atoms with Crippen molar-refractivity contribution in [3.63, 3.8) is 0 Å². The monoisotopic (exact) mass is 208 g/mol. The van der Waals surface area contributed by atoms with E-state index in [2.05, 4.69) is 15.6 Å². The lowest BCUT2D eigenvalue weighted by atomic mass is 10.3. The quantitative estimate of drug-likeness (QED) is 0.677. The van der Waals surface area contributed by atoms with Crippen molar-refractivity contribution in [3.05, 3.63) is 18.5 Å². The van der Waals surface area contributed by atoms with Crippen LogP contribution >= 0.6 is 0 Å². The summed E-state index contributed by atoms with van der Waals surface area (Å²) in [6.07, 6.45) is 3.19. The molecule has 0 spiro atoms. The third-order valence-electron chi connectivity index (χ3n) is 1.89. The van der Waals surface area contributed by atoms with E-state index in [0.29, 0.717) is 12.2 Å². The molecule has 0 saturated carbocycles. The summed E-state index contributed by atoms with van der Waals surface area (Å²) < 4.78 is 0. The van der Waals surface area contributed by atoms with Crippen LogP contribution in [0.4, 0.5) is 11.4 Å². The zero-order chi connectivity index (χ0) is 11.3. The Balaban J connectivity index is 2.58. The van der Waals surface area contributed by atoms with E-state index in [1.807, 2.05) is 6.92 Å². The minimum Gasteiger partial charge on any atom is -0.397 e. The number of aromatic nitrogens is 1. The summed E-state index contributed by atoms with van der Waals surface area (Å²) in [7, 11) is 0. The van der Waals surface area contributed by atoms with Crippen LogP contribution in [0, 0.1) is 0 Å². The van der Waals surface area contributed by atoms with Gasteiger partial charge in [-0.1, -0.05) is 0 Å². The highest BCUT2D eigenvalue weighted by molar-refractivity contribution is 5.84. The first-order valence-electron chi connectivity index (χ1n) is 4.88. The standard InChI is InChI=1S/C10H16N4O/c1-3-13-10(15)7(2)14-9-4-8(11)5-12-6-9/h4-7,14H,3,11H2,1-2H3,(H,13,15). The van der Waals surface area contributed by atoms with Gasteiger partial charge in [0.25, 0.3) is 0 Å². The molecule has 4 N–H and O–H groups in total. The van der Waals surface area contributed by atoms with Gasteiger partial charge >= 0.3 is 0 Å². The van der Waals surface area contributed by atoms with Gasteiger partial charge in [-0.3, -0.25) is 9.78 Å². The van der Waals surface area contributed by atoms with Crippen molar-refractivity contribution in [3.8, 4) is 0 Å². The number of hydrogen-bond donors (Lipinski definition) is 3. The van der Waals surface area contributed by atoms with Gasteiger partial charge in [-0.2, -0.15) is 0 Å². The van der Waals surface area contributed by atoms with E-state index in [9.17, 15) is 4.79 Å². The van der Waals surface area contributed by atoms with Gasteiger partial charge < -0.3 is 16.4 Å². The first kappa shape index (κ1) is 11.3. The summed E-state index contributed by atoms with van der Waals surface area (Å²) in [4.78, 5) is 15.3. The number of amides is 1. The fourth-order valence-electron chi connectivity index (χ4n) is 1.18. The average Bonchev–Trinajstić information content (AvgIpc) is 2.18. The summed E-state index contributed by atoms with van der Waals surface area (Å²) in [6.45, 7) is 4.29. The largest absolute Gasteiger partial charge is 0.397 e. The van der Waals surface area contributed by atoms with Gasteiger partial charge in [0.1, 0.15) is 6.04 Å². The van der Waals surface area contributed by atoms with E-state index < -0.39 is 0 Å². The fraction of sp³-hybridized carbons (Fsp3) is 0.400. The molecule has 1 amide bonds. The molecular formula is C10H16N4O. The second-order valence-electron chi connectivity index (χ2n) is 3.27. The Bertz CT molecular complexity index is 340. The number of pyridine rings is 1. The minimum absolute atomic E-state index is 0.0417. The van der Waals surface area contributed by atoms with E-state index in [1.165, 1.54) is 0 Å². The molecule has 0 aliphatic rings. The molecule has 0 bridgehead atoms. The summed E-state index contributed by atoms with van der Waals surface area (Å²) in [5, 5.41) is 5.74. The molecular weight excluding hydrogens is 192 g/mol. The van der Waals surface area contributed by atoms with E-state index in [0.717, 1.165) is 5.69 Å². The second-order valence-corrected chi connectivity index (χ2v) is 3.27. The van der Waals surface area contributed by atoms with Crippen LogP contribution in [0.3, 0.4) is 0 Å². The van der Waals surface area contributed by atoms with Gasteiger partial charge in [0, 0.05) is 12.7 Å². The molecule has 0 aromatic carbocycles. The molecule has 15 heavy (non-hydrogen) atoms. The number of carbonyl (C=O) groups excluding carboxylic acids is 1.